The Kier molecular flexibility index (Phi) is 6.02. The Bertz CT molecular complexity index is 552. The summed E-state index contributed by atoms with van der Waals surface area (Å²) in [7, 11) is 3.84. The van der Waals surface area contributed by atoms with E-state index in [-0.39, 0.29) is 0 Å². The first-order valence-corrected chi connectivity index (χ1v) is 7.64. The van der Waals surface area contributed by atoms with Crippen LogP contribution in [0.3, 0.4) is 0 Å². The average molecular weight is 290 g/mol. The van der Waals surface area contributed by atoms with Gasteiger partial charge in [-0.3, -0.25) is 0 Å². The highest BCUT2D eigenvalue weighted by Crippen LogP contribution is 2.21. The summed E-state index contributed by atoms with van der Waals surface area (Å²) in [6.07, 6.45) is 4.45. The Morgan fingerprint density at radius 2 is 2.24 bits per heavy atom. The van der Waals surface area contributed by atoms with Gasteiger partial charge in [0, 0.05) is 40.0 Å². The summed E-state index contributed by atoms with van der Waals surface area (Å²) in [6.45, 7) is 5.60. The van der Waals surface area contributed by atoms with Gasteiger partial charge in [0.1, 0.15) is 5.65 Å². The minimum absolute atomic E-state index is 0.720. The number of nitrogens with one attached hydrogen (secondary N) is 1. The van der Waals surface area contributed by atoms with Gasteiger partial charge in [-0.2, -0.15) is 0 Å². The van der Waals surface area contributed by atoms with Crippen LogP contribution in [-0.2, 0) is 11.3 Å². The molecule has 0 atom stereocenters. The second kappa shape index (κ2) is 8.00. The third kappa shape index (κ3) is 3.95. The summed E-state index contributed by atoms with van der Waals surface area (Å²) in [5, 5.41) is 3.42. The van der Waals surface area contributed by atoms with Crippen LogP contribution >= 0.6 is 0 Å². The Balaban J connectivity index is 2.21. The zero-order valence-corrected chi connectivity index (χ0v) is 13.3. The van der Waals surface area contributed by atoms with E-state index in [2.05, 4.69) is 40.9 Å². The normalized spacial score (nSPS) is 11.2. The molecular weight excluding hydrogens is 264 g/mol. The van der Waals surface area contributed by atoms with Crippen molar-refractivity contribution in [1.29, 1.82) is 0 Å². The maximum atomic E-state index is 5.08. The Morgan fingerprint density at radius 3 is 3.00 bits per heavy atom. The molecule has 0 aliphatic heterocycles. The lowest BCUT2D eigenvalue weighted by molar-refractivity contribution is 0.199. The maximum Gasteiger partial charge on any atom is 0.152 e. The van der Waals surface area contributed by atoms with Crippen molar-refractivity contribution in [3.05, 3.63) is 30.1 Å². The monoisotopic (exact) mass is 290 g/mol. The molecule has 0 unspecified atom stereocenters. The largest absolute Gasteiger partial charge is 0.383 e. The van der Waals surface area contributed by atoms with Crippen LogP contribution in [0.4, 0.5) is 5.82 Å². The molecule has 0 saturated heterocycles. The molecule has 5 heteroatoms. The van der Waals surface area contributed by atoms with Crippen LogP contribution in [0.1, 0.15) is 25.5 Å². The van der Waals surface area contributed by atoms with E-state index in [9.17, 15) is 0 Å². The van der Waals surface area contributed by atoms with Crippen LogP contribution in [-0.4, -0.2) is 43.2 Å². The third-order valence-corrected chi connectivity index (χ3v) is 3.59. The van der Waals surface area contributed by atoms with Crippen molar-refractivity contribution in [2.45, 2.75) is 26.3 Å². The fraction of sp³-hybridized carbons (Fsp3) is 0.562. The van der Waals surface area contributed by atoms with Crippen LogP contribution in [0.25, 0.3) is 5.65 Å². The number of fused-ring (bicyclic) bond motifs is 1. The summed E-state index contributed by atoms with van der Waals surface area (Å²) < 4.78 is 7.25. The highest BCUT2D eigenvalue weighted by atomic mass is 16.5. The lowest BCUT2D eigenvalue weighted by atomic mass is 10.3. The lowest BCUT2D eigenvalue weighted by Crippen LogP contribution is -2.24. The molecule has 0 aliphatic carbocycles. The number of hydrogen-bond acceptors (Lipinski definition) is 4. The summed E-state index contributed by atoms with van der Waals surface area (Å²) in [5.74, 6) is 1.07. The van der Waals surface area contributed by atoms with Gasteiger partial charge in [0.25, 0.3) is 0 Å². The topological polar surface area (TPSA) is 41.8 Å². The quantitative estimate of drug-likeness (QED) is 0.720. The van der Waals surface area contributed by atoms with E-state index in [1.165, 1.54) is 18.5 Å². The number of aromatic nitrogens is 2. The van der Waals surface area contributed by atoms with Crippen molar-refractivity contribution >= 4 is 11.5 Å². The van der Waals surface area contributed by atoms with Crippen LogP contribution in [0.2, 0.25) is 0 Å². The van der Waals surface area contributed by atoms with Crippen molar-refractivity contribution in [3.8, 4) is 0 Å². The van der Waals surface area contributed by atoms with Crippen molar-refractivity contribution in [2.75, 3.05) is 38.8 Å². The van der Waals surface area contributed by atoms with Crippen LogP contribution < -0.4 is 10.2 Å². The number of pyridine rings is 1. The van der Waals surface area contributed by atoms with Gasteiger partial charge in [0.15, 0.2) is 5.82 Å². The molecule has 0 aliphatic rings. The molecule has 5 nitrogen and oxygen atoms in total. The maximum absolute atomic E-state index is 5.08. The van der Waals surface area contributed by atoms with E-state index in [1.807, 2.05) is 12.1 Å². The van der Waals surface area contributed by atoms with E-state index in [1.54, 1.807) is 7.11 Å². The van der Waals surface area contributed by atoms with E-state index in [4.69, 9.17) is 9.72 Å². The number of ether oxygens (including phenoxy) is 1. The van der Waals surface area contributed by atoms with Gasteiger partial charge < -0.3 is 19.4 Å². The molecule has 0 aromatic carbocycles. The molecule has 0 bridgehead atoms. The third-order valence-electron chi connectivity index (χ3n) is 3.59. The van der Waals surface area contributed by atoms with E-state index >= 15 is 0 Å². The van der Waals surface area contributed by atoms with E-state index < -0.39 is 0 Å². The molecule has 0 radical (unpaired) electrons. The fourth-order valence-corrected chi connectivity index (χ4v) is 2.39. The van der Waals surface area contributed by atoms with Crippen LogP contribution in [0.5, 0.6) is 0 Å². The molecule has 116 valence electrons. The van der Waals surface area contributed by atoms with Crippen molar-refractivity contribution in [3.63, 3.8) is 0 Å². The van der Waals surface area contributed by atoms with Gasteiger partial charge in [0.2, 0.25) is 0 Å². The zero-order valence-electron chi connectivity index (χ0n) is 13.3. The van der Waals surface area contributed by atoms with Crippen molar-refractivity contribution in [1.82, 2.24) is 14.7 Å². The first kappa shape index (κ1) is 15.8. The minimum atomic E-state index is 0.720. The molecule has 0 amide bonds. The van der Waals surface area contributed by atoms with Gasteiger partial charge >= 0.3 is 0 Å². The van der Waals surface area contributed by atoms with E-state index in [0.717, 1.165) is 37.7 Å². The molecule has 2 heterocycles. The molecule has 2 aromatic heterocycles. The number of nitrogens with zero attached hydrogens (tertiary/aromatic N) is 3. The smallest absolute Gasteiger partial charge is 0.152 e. The SMILES string of the molecule is CCCCN(C)c1nc2ccccn2c1CNCCOC. The predicted octanol–water partition coefficient (Wildman–Crippen LogP) is 2.31. The number of methoxy groups -OCH3 is 1. The van der Waals surface area contributed by atoms with Crippen molar-refractivity contribution < 1.29 is 4.74 Å². The lowest BCUT2D eigenvalue weighted by Gasteiger charge is -2.18. The second-order valence-electron chi connectivity index (χ2n) is 5.26. The predicted molar refractivity (Wildman–Crippen MR) is 87.0 cm³/mol. The summed E-state index contributed by atoms with van der Waals surface area (Å²) >= 11 is 0. The van der Waals surface area contributed by atoms with Gasteiger partial charge in [0.05, 0.1) is 12.3 Å². The van der Waals surface area contributed by atoms with E-state index in [0.29, 0.717) is 0 Å². The first-order chi connectivity index (χ1) is 10.3. The average Bonchev–Trinajstić information content (AvgIpc) is 2.88. The highest BCUT2D eigenvalue weighted by Gasteiger charge is 2.14. The van der Waals surface area contributed by atoms with Gasteiger partial charge in [-0.15, -0.1) is 0 Å². The number of imidazole rings is 1. The molecule has 0 saturated carbocycles. The number of anilines is 1. The Hall–Kier alpha value is -1.59. The van der Waals surface area contributed by atoms with Gasteiger partial charge in [-0.25, -0.2) is 4.98 Å². The molecule has 2 aromatic rings. The Labute approximate surface area is 126 Å². The molecule has 21 heavy (non-hydrogen) atoms. The summed E-state index contributed by atoms with van der Waals surface area (Å²) in [6, 6.07) is 6.12. The molecule has 1 N–H and O–H groups in total. The van der Waals surface area contributed by atoms with Gasteiger partial charge in [-0.05, 0) is 18.6 Å². The zero-order chi connectivity index (χ0) is 15.1. The minimum Gasteiger partial charge on any atom is -0.383 e. The number of unbranched alkanes of at least 4 members (excludes halogenated alkanes) is 1. The van der Waals surface area contributed by atoms with Gasteiger partial charge in [-0.1, -0.05) is 19.4 Å². The summed E-state index contributed by atoms with van der Waals surface area (Å²) in [4.78, 5) is 7.04. The molecular formula is C16H26N4O. The van der Waals surface area contributed by atoms with Crippen LogP contribution in [0.15, 0.2) is 24.4 Å². The first-order valence-electron chi connectivity index (χ1n) is 7.64. The number of hydrogen-bond donors (Lipinski definition) is 1. The summed E-state index contributed by atoms with van der Waals surface area (Å²) in [5.41, 5.74) is 2.21. The standard InChI is InChI=1S/C16H26N4O/c1-4-5-10-19(2)16-14(13-17-9-12-21-3)20-11-7-6-8-15(20)18-16/h6-8,11,17H,4-5,9-10,12-13H2,1-3H3. The highest BCUT2D eigenvalue weighted by molar-refractivity contribution is 5.55. The molecule has 0 fully saturated rings. The number of rotatable bonds is 9. The van der Waals surface area contributed by atoms with Crippen molar-refractivity contribution in [2.24, 2.45) is 0 Å². The fourth-order valence-electron chi connectivity index (χ4n) is 2.39. The molecule has 2 rings (SSSR count). The molecule has 0 spiro atoms. The second-order valence-corrected chi connectivity index (χ2v) is 5.26. The Morgan fingerprint density at radius 1 is 1.38 bits per heavy atom. The van der Waals surface area contributed by atoms with Crippen LogP contribution in [0, 0.1) is 0 Å².